The summed E-state index contributed by atoms with van der Waals surface area (Å²) >= 11 is 0. The van der Waals surface area contributed by atoms with Crippen LogP contribution in [0.3, 0.4) is 0 Å². The average Bonchev–Trinajstić information content (AvgIpc) is 3.22. The first-order valence-electron chi connectivity index (χ1n) is 9.72. The lowest BCUT2D eigenvalue weighted by Crippen LogP contribution is -2.60. The van der Waals surface area contributed by atoms with E-state index in [1.165, 1.54) is 0 Å². The quantitative estimate of drug-likeness (QED) is 0.844. The molecule has 2 aliphatic heterocycles. The van der Waals surface area contributed by atoms with Gasteiger partial charge in [-0.25, -0.2) is 0 Å². The number of hydrogen-bond acceptors (Lipinski definition) is 5. The molecule has 2 amide bonds. The standard InChI is InChI=1S/C21H25N3O4/c1-12-15(10-13-5-6-14(27-2)11-17(13)22-12)21(26)23-16-7-8-19(25)24-20(16)18-4-3-9-28-18/h5-6,10-11,16,18,20H,3-4,7-9H2,1-2H3,(H,23,26)(H,24,25). The van der Waals surface area contributed by atoms with Crippen molar-refractivity contribution in [3.63, 3.8) is 0 Å². The number of fused-ring (bicyclic) bond motifs is 1. The summed E-state index contributed by atoms with van der Waals surface area (Å²) in [6.45, 7) is 2.53. The van der Waals surface area contributed by atoms with E-state index in [1.54, 1.807) is 7.11 Å². The highest BCUT2D eigenvalue weighted by Gasteiger charge is 2.37. The van der Waals surface area contributed by atoms with Crippen molar-refractivity contribution in [3.05, 3.63) is 35.5 Å². The van der Waals surface area contributed by atoms with Gasteiger partial charge < -0.3 is 20.1 Å². The van der Waals surface area contributed by atoms with Gasteiger partial charge in [-0.05, 0) is 44.4 Å². The van der Waals surface area contributed by atoms with Crippen LogP contribution in [0.4, 0.5) is 0 Å². The summed E-state index contributed by atoms with van der Waals surface area (Å²) < 4.78 is 11.0. The summed E-state index contributed by atoms with van der Waals surface area (Å²) in [6.07, 6.45) is 2.85. The number of carbonyl (C=O) groups is 2. The fourth-order valence-corrected chi connectivity index (χ4v) is 4.07. The highest BCUT2D eigenvalue weighted by atomic mass is 16.5. The van der Waals surface area contributed by atoms with Crippen LogP contribution in [0.15, 0.2) is 24.3 Å². The number of nitrogens with one attached hydrogen (secondary N) is 2. The van der Waals surface area contributed by atoms with Gasteiger partial charge in [0.25, 0.3) is 5.91 Å². The Bertz CT molecular complexity index is 908. The second-order valence-electron chi connectivity index (χ2n) is 7.44. The van der Waals surface area contributed by atoms with Gasteiger partial charge in [-0.1, -0.05) is 0 Å². The summed E-state index contributed by atoms with van der Waals surface area (Å²) in [6, 6.07) is 7.12. The van der Waals surface area contributed by atoms with Gasteiger partial charge >= 0.3 is 0 Å². The zero-order valence-electron chi connectivity index (χ0n) is 16.2. The van der Waals surface area contributed by atoms with Crippen molar-refractivity contribution in [2.24, 2.45) is 0 Å². The van der Waals surface area contributed by atoms with E-state index in [-0.39, 0.29) is 30.0 Å². The molecule has 2 saturated heterocycles. The lowest BCUT2D eigenvalue weighted by molar-refractivity contribution is -0.125. The minimum Gasteiger partial charge on any atom is -0.497 e. The Balaban J connectivity index is 1.56. The Labute approximate surface area is 163 Å². The molecule has 1 aromatic carbocycles. The summed E-state index contributed by atoms with van der Waals surface area (Å²) in [4.78, 5) is 29.5. The lowest BCUT2D eigenvalue weighted by Gasteiger charge is -2.36. The minimum absolute atomic E-state index is 0.0171. The fourth-order valence-electron chi connectivity index (χ4n) is 4.07. The molecule has 0 spiro atoms. The first kappa shape index (κ1) is 18.7. The predicted molar refractivity (Wildman–Crippen MR) is 104 cm³/mol. The van der Waals surface area contributed by atoms with E-state index in [0.717, 1.165) is 29.5 Å². The summed E-state index contributed by atoms with van der Waals surface area (Å²) in [7, 11) is 1.61. The molecule has 1 aromatic heterocycles. The van der Waals surface area contributed by atoms with Crippen LogP contribution in [0.1, 0.15) is 41.7 Å². The molecule has 4 rings (SSSR count). The molecule has 0 aliphatic carbocycles. The van der Waals surface area contributed by atoms with Crippen molar-refractivity contribution < 1.29 is 19.1 Å². The second kappa shape index (κ2) is 7.75. The van der Waals surface area contributed by atoms with Crippen LogP contribution in [-0.2, 0) is 9.53 Å². The van der Waals surface area contributed by atoms with E-state index in [2.05, 4.69) is 15.6 Å². The van der Waals surface area contributed by atoms with Crippen molar-refractivity contribution in [1.82, 2.24) is 15.6 Å². The summed E-state index contributed by atoms with van der Waals surface area (Å²) in [5, 5.41) is 7.01. The third-order valence-corrected chi connectivity index (χ3v) is 5.59. The molecule has 2 fully saturated rings. The van der Waals surface area contributed by atoms with Crippen LogP contribution in [0.25, 0.3) is 10.9 Å². The third-order valence-electron chi connectivity index (χ3n) is 5.59. The number of ether oxygens (including phenoxy) is 2. The smallest absolute Gasteiger partial charge is 0.253 e. The van der Waals surface area contributed by atoms with Gasteiger partial charge in [0.15, 0.2) is 0 Å². The van der Waals surface area contributed by atoms with Crippen molar-refractivity contribution in [1.29, 1.82) is 0 Å². The molecular weight excluding hydrogens is 358 g/mol. The number of hydrogen-bond donors (Lipinski definition) is 2. The van der Waals surface area contributed by atoms with Crippen LogP contribution < -0.4 is 15.4 Å². The van der Waals surface area contributed by atoms with E-state index in [9.17, 15) is 9.59 Å². The maximum atomic E-state index is 13.0. The van der Waals surface area contributed by atoms with Crippen LogP contribution >= 0.6 is 0 Å². The van der Waals surface area contributed by atoms with Crippen LogP contribution in [0, 0.1) is 6.92 Å². The number of rotatable bonds is 4. The number of aromatic nitrogens is 1. The van der Waals surface area contributed by atoms with Gasteiger partial charge in [0.1, 0.15) is 5.75 Å². The van der Waals surface area contributed by atoms with Gasteiger partial charge in [0.2, 0.25) is 5.91 Å². The van der Waals surface area contributed by atoms with E-state index >= 15 is 0 Å². The molecule has 0 saturated carbocycles. The Morgan fingerprint density at radius 3 is 2.93 bits per heavy atom. The molecule has 148 valence electrons. The number of carbonyl (C=O) groups excluding carboxylic acids is 2. The molecule has 2 N–H and O–H groups in total. The number of piperidine rings is 1. The number of pyridine rings is 1. The molecule has 3 heterocycles. The zero-order valence-corrected chi connectivity index (χ0v) is 16.2. The van der Waals surface area contributed by atoms with E-state index < -0.39 is 0 Å². The maximum absolute atomic E-state index is 13.0. The predicted octanol–water partition coefficient (Wildman–Crippen LogP) is 2.11. The van der Waals surface area contributed by atoms with Crippen molar-refractivity contribution >= 4 is 22.7 Å². The molecule has 2 aliphatic rings. The second-order valence-corrected chi connectivity index (χ2v) is 7.44. The van der Waals surface area contributed by atoms with E-state index in [1.807, 2.05) is 31.2 Å². The first-order chi connectivity index (χ1) is 13.5. The Morgan fingerprint density at radius 1 is 1.32 bits per heavy atom. The average molecular weight is 383 g/mol. The number of benzene rings is 1. The largest absolute Gasteiger partial charge is 0.497 e. The zero-order chi connectivity index (χ0) is 19.7. The molecule has 28 heavy (non-hydrogen) atoms. The lowest BCUT2D eigenvalue weighted by atomic mass is 9.92. The summed E-state index contributed by atoms with van der Waals surface area (Å²) in [5.41, 5.74) is 1.99. The first-order valence-corrected chi connectivity index (χ1v) is 9.72. The van der Waals surface area contributed by atoms with Crippen molar-refractivity contribution in [2.45, 2.75) is 50.8 Å². The Morgan fingerprint density at radius 2 is 2.18 bits per heavy atom. The maximum Gasteiger partial charge on any atom is 0.253 e. The van der Waals surface area contributed by atoms with Crippen LogP contribution in [0.5, 0.6) is 5.75 Å². The third kappa shape index (κ3) is 3.67. The van der Waals surface area contributed by atoms with E-state index in [0.29, 0.717) is 30.7 Å². The van der Waals surface area contributed by atoms with Gasteiger partial charge in [-0.3, -0.25) is 14.6 Å². The Hall–Kier alpha value is -2.67. The molecule has 3 unspecified atom stereocenters. The van der Waals surface area contributed by atoms with Crippen LogP contribution in [0.2, 0.25) is 0 Å². The SMILES string of the molecule is COc1ccc2cc(C(=O)NC3CCC(=O)NC3C3CCCO3)c(C)nc2c1. The van der Waals surface area contributed by atoms with Gasteiger partial charge in [0, 0.05) is 24.5 Å². The van der Waals surface area contributed by atoms with Crippen molar-refractivity contribution in [3.8, 4) is 5.75 Å². The number of nitrogens with zero attached hydrogens (tertiary/aromatic N) is 1. The molecule has 3 atom stereocenters. The number of aryl methyl sites for hydroxylation is 1. The number of methoxy groups -OCH3 is 1. The monoisotopic (exact) mass is 383 g/mol. The molecule has 0 bridgehead atoms. The number of amides is 2. The molecule has 7 nitrogen and oxygen atoms in total. The minimum atomic E-state index is -0.189. The highest BCUT2D eigenvalue weighted by molar-refractivity contribution is 5.99. The van der Waals surface area contributed by atoms with Crippen molar-refractivity contribution in [2.75, 3.05) is 13.7 Å². The molecular formula is C21H25N3O4. The fraction of sp³-hybridized carbons (Fsp3) is 0.476. The van der Waals surface area contributed by atoms with Crippen LogP contribution in [-0.4, -0.2) is 48.7 Å². The molecule has 2 aromatic rings. The molecule has 7 heteroatoms. The van der Waals surface area contributed by atoms with Gasteiger partial charge in [0.05, 0.1) is 42.1 Å². The molecule has 0 radical (unpaired) electrons. The van der Waals surface area contributed by atoms with E-state index in [4.69, 9.17) is 9.47 Å². The van der Waals surface area contributed by atoms with Gasteiger partial charge in [-0.2, -0.15) is 0 Å². The Kier molecular flexibility index (Phi) is 5.17. The summed E-state index contributed by atoms with van der Waals surface area (Å²) in [5.74, 6) is 0.573. The van der Waals surface area contributed by atoms with Gasteiger partial charge in [-0.15, -0.1) is 0 Å². The normalized spacial score (nSPS) is 24.8. The highest BCUT2D eigenvalue weighted by Crippen LogP contribution is 2.24. The topological polar surface area (TPSA) is 89.5 Å².